The molecule has 0 bridgehead atoms. The van der Waals surface area contributed by atoms with E-state index in [9.17, 15) is 4.39 Å². The van der Waals surface area contributed by atoms with Crippen molar-refractivity contribution in [3.05, 3.63) is 77.7 Å². The van der Waals surface area contributed by atoms with E-state index in [-0.39, 0.29) is 11.9 Å². The third kappa shape index (κ3) is 3.46. The molecule has 0 radical (unpaired) electrons. The van der Waals surface area contributed by atoms with Gasteiger partial charge in [-0.1, -0.05) is 36.4 Å². The first kappa shape index (κ1) is 15.3. The maximum atomic E-state index is 13.2. The van der Waals surface area contributed by atoms with Gasteiger partial charge in [-0.05, 0) is 42.5 Å². The molecule has 1 aliphatic carbocycles. The van der Waals surface area contributed by atoms with Crippen LogP contribution in [0.4, 0.5) is 4.39 Å². The maximum absolute atomic E-state index is 13.2. The second-order valence-corrected chi connectivity index (χ2v) is 6.52. The molecule has 3 heteroatoms. The van der Waals surface area contributed by atoms with Crippen LogP contribution in [0.3, 0.4) is 0 Å². The van der Waals surface area contributed by atoms with Crippen molar-refractivity contribution >= 4 is 10.9 Å². The molecular weight excluding hydrogens is 301 g/mol. The zero-order chi connectivity index (χ0) is 16.4. The van der Waals surface area contributed by atoms with Gasteiger partial charge in [0.25, 0.3) is 0 Å². The lowest BCUT2D eigenvalue weighted by atomic mass is 9.98. The molecule has 0 aliphatic heterocycles. The average Bonchev–Trinajstić information content (AvgIpc) is 3.44. The van der Waals surface area contributed by atoms with E-state index in [1.54, 1.807) is 0 Å². The quantitative estimate of drug-likeness (QED) is 0.631. The first-order valence-electron chi connectivity index (χ1n) is 8.49. The van der Waals surface area contributed by atoms with Crippen molar-refractivity contribution in [3.63, 3.8) is 0 Å². The summed E-state index contributed by atoms with van der Waals surface area (Å²) in [6.45, 7) is 0.787. The number of nitrogens with zero attached hydrogens (tertiary/aromatic N) is 1. The molecule has 1 atom stereocenters. The van der Waals surface area contributed by atoms with E-state index in [0.29, 0.717) is 5.92 Å². The highest BCUT2D eigenvalue weighted by atomic mass is 19.1. The van der Waals surface area contributed by atoms with E-state index in [4.69, 9.17) is 4.74 Å². The van der Waals surface area contributed by atoms with E-state index in [0.717, 1.165) is 35.1 Å². The molecule has 1 aromatic heterocycles. The van der Waals surface area contributed by atoms with Crippen molar-refractivity contribution < 1.29 is 9.13 Å². The second kappa shape index (κ2) is 6.70. The predicted molar refractivity (Wildman–Crippen MR) is 93.3 cm³/mol. The van der Waals surface area contributed by atoms with Gasteiger partial charge in [-0.15, -0.1) is 0 Å². The van der Waals surface area contributed by atoms with Gasteiger partial charge in [-0.2, -0.15) is 0 Å². The Labute approximate surface area is 141 Å². The van der Waals surface area contributed by atoms with Crippen molar-refractivity contribution in [3.8, 4) is 0 Å². The summed E-state index contributed by atoms with van der Waals surface area (Å²) in [6.07, 6.45) is 5.01. The normalized spacial score (nSPS) is 15.5. The summed E-state index contributed by atoms with van der Waals surface area (Å²) in [5, 5.41) is 1.12. The number of fused-ring (bicyclic) bond motifs is 1. The maximum Gasteiger partial charge on any atom is 0.123 e. The lowest BCUT2D eigenvalue weighted by Gasteiger charge is -2.20. The molecule has 1 heterocycles. The summed E-state index contributed by atoms with van der Waals surface area (Å²) < 4.78 is 19.4. The van der Waals surface area contributed by atoms with Crippen LogP contribution in [0.25, 0.3) is 10.9 Å². The van der Waals surface area contributed by atoms with E-state index in [1.807, 2.05) is 24.4 Å². The molecule has 3 aromatic rings. The molecule has 1 unspecified atom stereocenters. The number of hydrogen-bond donors (Lipinski definition) is 0. The fourth-order valence-electron chi connectivity index (χ4n) is 3.02. The number of ether oxygens (including phenoxy) is 1. The number of aromatic nitrogens is 1. The van der Waals surface area contributed by atoms with Gasteiger partial charge in [0.15, 0.2) is 0 Å². The van der Waals surface area contributed by atoms with Crippen LogP contribution in [-0.4, -0.2) is 11.6 Å². The van der Waals surface area contributed by atoms with Crippen LogP contribution in [-0.2, 0) is 11.2 Å². The van der Waals surface area contributed by atoms with Crippen LogP contribution in [0.2, 0.25) is 0 Å². The Balaban J connectivity index is 1.66. The fraction of sp³-hybridized carbons (Fsp3) is 0.286. The summed E-state index contributed by atoms with van der Waals surface area (Å²) in [5.41, 5.74) is 3.17. The van der Waals surface area contributed by atoms with Crippen LogP contribution in [0, 0.1) is 11.7 Å². The topological polar surface area (TPSA) is 22.1 Å². The molecule has 0 spiro atoms. The molecule has 1 saturated carbocycles. The molecule has 0 amide bonds. The van der Waals surface area contributed by atoms with Crippen molar-refractivity contribution in [1.82, 2.24) is 4.98 Å². The standard InChI is InChI=1S/C21H20FNO/c22-18-10-8-15(9-11-18)13-20(24-14-16-6-7-16)19-5-1-3-17-4-2-12-23-21(17)19/h1-5,8-12,16,20H,6-7,13-14H2. The summed E-state index contributed by atoms with van der Waals surface area (Å²) in [6, 6.07) is 16.9. The lowest BCUT2D eigenvalue weighted by molar-refractivity contribution is 0.0462. The number of benzene rings is 2. The van der Waals surface area contributed by atoms with Crippen LogP contribution < -0.4 is 0 Å². The Kier molecular flexibility index (Phi) is 4.26. The first-order valence-corrected chi connectivity index (χ1v) is 8.49. The number of rotatable bonds is 6. The average molecular weight is 321 g/mol. The number of halogens is 1. The number of para-hydroxylation sites is 1. The summed E-state index contributed by atoms with van der Waals surface area (Å²) in [7, 11) is 0. The Bertz CT molecular complexity index is 821. The first-order chi connectivity index (χ1) is 11.8. The monoisotopic (exact) mass is 321 g/mol. The zero-order valence-electron chi connectivity index (χ0n) is 13.5. The minimum atomic E-state index is -0.207. The van der Waals surface area contributed by atoms with Gasteiger partial charge in [0.2, 0.25) is 0 Å². The Hall–Kier alpha value is -2.26. The van der Waals surface area contributed by atoms with Crippen molar-refractivity contribution in [2.45, 2.75) is 25.4 Å². The fourth-order valence-corrected chi connectivity index (χ4v) is 3.02. The van der Waals surface area contributed by atoms with E-state index >= 15 is 0 Å². The van der Waals surface area contributed by atoms with Gasteiger partial charge in [-0.3, -0.25) is 4.98 Å². The third-order valence-corrected chi connectivity index (χ3v) is 4.58. The molecule has 2 aromatic carbocycles. The van der Waals surface area contributed by atoms with Crippen LogP contribution >= 0.6 is 0 Å². The van der Waals surface area contributed by atoms with Crippen LogP contribution in [0.5, 0.6) is 0 Å². The summed E-state index contributed by atoms with van der Waals surface area (Å²) >= 11 is 0. The SMILES string of the molecule is Fc1ccc(CC(OCC2CC2)c2cccc3cccnc23)cc1. The molecule has 24 heavy (non-hydrogen) atoms. The smallest absolute Gasteiger partial charge is 0.123 e. The van der Waals surface area contributed by atoms with Crippen molar-refractivity contribution in [1.29, 1.82) is 0 Å². The Morgan fingerprint density at radius 1 is 1.04 bits per heavy atom. The predicted octanol–water partition coefficient (Wildman–Crippen LogP) is 5.08. The van der Waals surface area contributed by atoms with Crippen LogP contribution in [0.1, 0.15) is 30.1 Å². The van der Waals surface area contributed by atoms with Crippen molar-refractivity contribution in [2.24, 2.45) is 5.92 Å². The number of pyridine rings is 1. The molecule has 4 rings (SSSR count). The second-order valence-electron chi connectivity index (χ2n) is 6.52. The van der Waals surface area contributed by atoms with Gasteiger partial charge < -0.3 is 4.74 Å². The number of hydrogen-bond acceptors (Lipinski definition) is 2. The lowest BCUT2D eigenvalue weighted by Crippen LogP contribution is -2.11. The summed E-state index contributed by atoms with van der Waals surface area (Å²) in [5.74, 6) is 0.490. The van der Waals surface area contributed by atoms with Crippen molar-refractivity contribution in [2.75, 3.05) is 6.61 Å². The van der Waals surface area contributed by atoms with Gasteiger partial charge >= 0.3 is 0 Å². The van der Waals surface area contributed by atoms with Gasteiger partial charge in [0.05, 0.1) is 18.2 Å². The molecule has 1 fully saturated rings. The minimum absolute atomic E-state index is 0.0605. The molecule has 2 nitrogen and oxygen atoms in total. The molecule has 1 aliphatic rings. The van der Waals surface area contributed by atoms with Crippen LogP contribution in [0.15, 0.2) is 60.8 Å². The third-order valence-electron chi connectivity index (χ3n) is 4.58. The van der Waals surface area contributed by atoms with Gasteiger partial charge in [0.1, 0.15) is 5.82 Å². The Morgan fingerprint density at radius 2 is 1.83 bits per heavy atom. The molecule has 122 valence electrons. The Morgan fingerprint density at radius 3 is 2.62 bits per heavy atom. The van der Waals surface area contributed by atoms with E-state index < -0.39 is 0 Å². The highest BCUT2D eigenvalue weighted by Gasteiger charge is 2.24. The highest BCUT2D eigenvalue weighted by molar-refractivity contribution is 5.81. The zero-order valence-corrected chi connectivity index (χ0v) is 13.5. The highest BCUT2D eigenvalue weighted by Crippen LogP contribution is 2.33. The van der Waals surface area contributed by atoms with E-state index in [2.05, 4.69) is 29.2 Å². The largest absolute Gasteiger partial charge is 0.373 e. The molecule has 0 saturated heterocycles. The van der Waals surface area contributed by atoms with Gasteiger partial charge in [0, 0.05) is 23.6 Å². The molecular formula is C21H20FNO. The van der Waals surface area contributed by atoms with Gasteiger partial charge in [-0.25, -0.2) is 4.39 Å². The minimum Gasteiger partial charge on any atom is -0.373 e. The van der Waals surface area contributed by atoms with E-state index in [1.165, 1.54) is 25.0 Å². The summed E-state index contributed by atoms with van der Waals surface area (Å²) in [4.78, 5) is 4.56. The molecule has 0 N–H and O–H groups in total.